The molecule has 1 aliphatic carbocycles. The van der Waals surface area contributed by atoms with Gasteiger partial charge in [0.15, 0.2) is 0 Å². The van der Waals surface area contributed by atoms with Gasteiger partial charge in [0.05, 0.1) is 11.0 Å². The van der Waals surface area contributed by atoms with E-state index in [1.165, 1.54) is 17.0 Å². The summed E-state index contributed by atoms with van der Waals surface area (Å²) < 4.78 is 40.0. The van der Waals surface area contributed by atoms with Gasteiger partial charge >= 0.3 is 6.18 Å². The second-order valence-electron chi connectivity index (χ2n) is 8.88. The van der Waals surface area contributed by atoms with Gasteiger partial charge in [0.25, 0.3) is 0 Å². The van der Waals surface area contributed by atoms with Gasteiger partial charge < -0.3 is 4.90 Å². The normalized spacial score (nSPS) is 25.9. The number of imide groups is 1. The molecule has 8 heteroatoms. The Morgan fingerprint density at radius 1 is 1.13 bits per heavy atom. The highest BCUT2D eigenvalue weighted by Crippen LogP contribution is 2.45. The number of alkyl halides is 3. The summed E-state index contributed by atoms with van der Waals surface area (Å²) in [5.74, 6) is -0.710. The fourth-order valence-corrected chi connectivity index (χ4v) is 4.55. The topological polar surface area (TPSA) is 57.7 Å². The highest BCUT2D eigenvalue weighted by atomic mass is 19.4. The Kier molecular flexibility index (Phi) is 5.14. The first-order valence-electron chi connectivity index (χ1n) is 10.4. The van der Waals surface area contributed by atoms with Gasteiger partial charge in [0.1, 0.15) is 0 Å². The van der Waals surface area contributed by atoms with Crippen LogP contribution in [0, 0.1) is 5.92 Å². The summed E-state index contributed by atoms with van der Waals surface area (Å²) in [4.78, 5) is 42.0. The van der Waals surface area contributed by atoms with Crippen molar-refractivity contribution in [3.05, 3.63) is 35.4 Å². The lowest BCUT2D eigenvalue weighted by atomic mass is 9.75. The summed E-state index contributed by atoms with van der Waals surface area (Å²) in [6, 6.07) is 4.34. The average Bonchev–Trinajstić information content (AvgIpc) is 3.48. The Morgan fingerprint density at radius 2 is 1.80 bits per heavy atom. The van der Waals surface area contributed by atoms with Crippen molar-refractivity contribution in [2.24, 2.45) is 5.92 Å². The molecule has 3 fully saturated rings. The summed E-state index contributed by atoms with van der Waals surface area (Å²) in [5, 5.41) is 0. The predicted octanol–water partition coefficient (Wildman–Crippen LogP) is 3.51. The lowest BCUT2D eigenvalue weighted by Gasteiger charge is -2.34. The van der Waals surface area contributed by atoms with Crippen LogP contribution in [0.3, 0.4) is 0 Å². The van der Waals surface area contributed by atoms with Gasteiger partial charge in [-0.3, -0.25) is 19.3 Å². The van der Waals surface area contributed by atoms with Crippen LogP contribution in [0.15, 0.2) is 24.3 Å². The van der Waals surface area contributed by atoms with E-state index >= 15 is 0 Å². The fourth-order valence-electron chi connectivity index (χ4n) is 4.55. The smallest absolute Gasteiger partial charge is 0.343 e. The number of amides is 3. The highest BCUT2D eigenvalue weighted by Gasteiger charge is 2.57. The maximum atomic E-state index is 13.4. The Hall–Kier alpha value is -2.38. The highest BCUT2D eigenvalue weighted by molar-refractivity contribution is 6.11. The number of carbonyl (C=O) groups excluding carboxylic acids is 3. The minimum atomic E-state index is -4.58. The predicted molar refractivity (Wildman–Crippen MR) is 102 cm³/mol. The summed E-state index contributed by atoms with van der Waals surface area (Å²) in [7, 11) is 0. The van der Waals surface area contributed by atoms with Crippen molar-refractivity contribution >= 4 is 17.7 Å². The number of likely N-dealkylation sites (tertiary alicyclic amines) is 2. The number of hydrogen-bond donors (Lipinski definition) is 0. The van der Waals surface area contributed by atoms with Gasteiger partial charge in [-0.05, 0) is 43.2 Å². The molecule has 3 amide bonds. The Balaban J connectivity index is 1.70. The maximum absolute atomic E-state index is 13.4. The molecule has 2 aliphatic heterocycles. The van der Waals surface area contributed by atoms with Crippen molar-refractivity contribution in [2.75, 3.05) is 13.1 Å². The van der Waals surface area contributed by atoms with Gasteiger partial charge in [-0.25, -0.2) is 0 Å². The Labute approximate surface area is 173 Å². The summed E-state index contributed by atoms with van der Waals surface area (Å²) >= 11 is 0. The second kappa shape index (κ2) is 7.39. The van der Waals surface area contributed by atoms with E-state index in [0.29, 0.717) is 31.8 Å². The first-order chi connectivity index (χ1) is 14.1. The zero-order valence-electron chi connectivity index (χ0n) is 16.9. The van der Waals surface area contributed by atoms with Crippen LogP contribution in [0.2, 0.25) is 0 Å². The van der Waals surface area contributed by atoms with Crippen molar-refractivity contribution in [1.29, 1.82) is 0 Å². The van der Waals surface area contributed by atoms with E-state index in [0.717, 1.165) is 25.0 Å². The van der Waals surface area contributed by atoms with Crippen LogP contribution in [-0.4, -0.2) is 46.7 Å². The summed E-state index contributed by atoms with van der Waals surface area (Å²) in [6.07, 6.45) is -2.02. The third-order valence-corrected chi connectivity index (χ3v) is 6.59. The number of halogens is 3. The maximum Gasteiger partial charge on any atom is 0.416 e. The molecule has 30 heavy (non-hydrogen) atoms. The lowest BCUT2D eigenvalue weighted by Crippen LogP contribution is -2.45. The monoisotopic (exact) mass is 422 g/mol. The zero-order valence-corrected chi connectivity index (χ0v) is 16.9. The number of hydrogen-bond acceptors (Lipinski definition) is 3. The van der Waals surface area contributed by atoms with Gasteiger partial charge in [-0.15, -0.1) is 0 Å². The number of benzene rings is 1. The molecule has 1 aromatic carbocycles. The van der Waals surface area contributed by atoms with Gasteiger partial charge in [-0.2, -0.15) is 13.2 Å². The molecule has 2 saturated heterocycles. The molecule has 1 saturated carbocycles. The van der Waals surface area contributed by atoms with Gasteiger partial charge in [-0.1, -0.05) is 25.1 Å². The van der Waals surface area contributed by atoms with E-state index < -0.39 is 29.0 Å². The number of rotatable bonds is 4. The molecule has 0 spiro atoms. The minimum Gasteiger partial charge on any atom is -0.343 e. The van der Waals surface area contributed by atoms with E-state index in [1.807, 2.05) is 0 Å². The third-order valence-electron chi connectivity index (χ3n) is 6.59. The third kappa shape index (κ3) is 3.72. The molecule has 5 nitrogen and oxygen atoms in total. The number of piperidine rings is 1. The summed E-state index contributed by atoms with van der Waals surface area (Å²) in [6.45, 7) is 3.24. The fraction of sp³-hybridized carbons (Fsp3) is 0.591. The minimum absolute atomic E-state index is 0.0950. The number of nitrogens with zero attached hydrogens (tertiary/aromatic N) is 2. The van der Waals surface area contributed by atoms with Crippen LogP contribution in [-0.2, 0) is 26.0 Å². The molecular weight excluding hydrogens is 397 g/mol. The van der Waals surface area contributed by atoms with Crippen molar-refractivity contribution in [2.45, 2.75) is 63.1 Å². The average molecular weight is 422 g/mol. The first kappa shape index (κ1) is 20.9. The molecule has 0 bridgehead atoms. The molecule has 4 rings (SSSR count). The van der Waals surface area contributed by atoms with Crippen LogP contribution in [0.25, 0.3) is 0 Å². The van der Waals surface area contributed by atoms with Crippen LogP contribution < -0.4 is 0 Å². The molecule has 1 atom stereocenters. The van der Waals surface area contributed by atoms with Crippen molar-refractivity contribution < 1.29 is 27.6 Å². The summed E-state index contributed by atoms with van der Waals surface area (Å²) in [5.41, 5.74) is -2.36. The van der Waals surface area contributed by atoms with Gasteiger partial charge in [0, 0.05) is 32.0 Å². The first-order valence-corrected chi connectivity index (χ1v) is 10.4. The molecular formula is C22H25F3N2O3. The lowest BCUT2D eigenvalue weighted by molar-refractivity contribution is -0.143. The molecule has 1 aromatic rings. The Bertz CT molecular complexity index is 873. The van der Waals surface area contributed by atoms with E-state index in [1.54, 1.807) is 4.90 Å². The van der Waals surface area contributed by atoms with Crippen LogP contribution in [0.1, 0.15) is 56.6 Å². The van der Waals surface area contributed by atoms with E-state index in [9.17, 15) is 27.6 Å². The molecule has 3 aliphatic rings. The van der Waals surface area contributed by atoms with Crippen molar-refractivity contribution in [3.63, 3.8) is 0 Å². The Morgan fingerprint density at radius 3 is 2.40 bits per heavy atom. The standard InChI is InChI=1S/C22H25F3N2O3/c1-14-7-9-26(10-8-14)18(28)12-21(13-19(29)27(20(21)30)17-5-6-17)15-3-2-4-16(11-15)22(23,24)25/h2-4,11,14,17H,5-10,12-13H2,1H3. The van der Waals surface area contributed by atoms with E-state index in [2.05, 4.69) is 6.92 Å². The van der Waals surface area contributed by atoms with Crippen LogP contribution in [0.5, 0.6) is 0 Å². The molecule has 162 valence electrons. The molecule has 0 aromatic heterocycles. The quantitative estimate of drug-likeness (QED) is 0.698. The number of carbonyl (C=O) groups is 3. The molecule has 1 unspecified atom stereocenters. The van der Waals surface area contributed by atoms with E-state index in [4.69, 9.17) is 0 Å². The van der Waals surface area contributed by atoms with Crippen molar-refractivity contribution in [1.82, 2.24) is 9.80 Å². The van der Waals surface area contributed by atoms with E-state index in [-0.39, 0.29) is 30.4 Å². The van der Waals surface area contributed by atoms with Gasteiger partial charge in [0.2, 0.25) is 17.7 Å². The SMILES string of the molecule is CC1CCN(C(=O)CC2(c3cccc(C(F)(F)F)c3)CC(=O)N(C3CC3)C2=O)CC1. The van der Waals surface area contributed by atoms with Crippen LogP contribution in [0.4, 0.5) is 13.2 Å². The molecule has 0 radical (unpaired) electrons. The molecule has 2 heterocycles. The second-order valence-corrected chi connectivity index (χ2v) is 8.88. The largest absolute Gasteiger partial charge is 0.416 e. The molecule has 0 N–H and O–H groups in total. The zero-order chi connectivity index (χ0) is 21.7. The van der Waals surface area contributed by atoms with Crippen LogP contribution >= 0.6 is 0 Å². The van der Waals surface area contributed by atoms with Crippen molar-refractivity contribution in [3.8, 4) is 0 Å².